The summed E-state index contributed by atoms with van der Waals surface area (Å²) in [6.07, 6.45) is 8.51. The van der Waals surface area contributed by atoms with Crippen molar-refractivity contribution in [3.05, 3.63) is 83.4 Å². The van der Waals surface area contributed by atoms with E-state index < -0.39 is 0 Å². The second kappa shape index (κ2) is 14.7. The number of carbonyl (C=O) groups excluding carboxylic acids is 2. The summed E-state index contributed by atoms with van der Waals surface area (Å²) in [4.78, 5) is 20.9. The average molecular weight is 511 g/mol. The quantitative estimate of drug-likeness (QED) is 0.343. The van der Waals surface area contributed by atoms with Crippen LogP contribution >= 0.6 is 0 Å². The minimum atomic E-state index is 0.0399. The van der Waals surface area contributed by atoms with Crippen molar-refractivity contribution in [2.45, 2.75) is 13.2 Å². The minimum Gasteiger partial charge on any atom is -0.504 e. The predicted octanol–water partition coefficient (Wildman–Crippen LogP) is 2.95. The van der Waals surface area contributed by atoms with Crippen LogP contribution in [0.15, 0.2) is 61.2 Å². The van der Waals surface area contributed by atoms with Crippen molar-refractivity contribution in [2.24, 2.45) is 14.1 Å². The van der Waals surface area contributed by atoms with E-state index in [0.717, 1.165) is 17.4 Å². The number of ether oxygens (including phenoxy) is 3. The number of aromatic nitrogens is 4. The smallest absolute Gasteiger partial charge is 0.161 e. The number of aliphatic hydroxyl groups excluding tert-OH is 1. The zero-order valence-corrected chi connectivity index (χ0v) is 21.1. The molecule has 4 rings (SSSR count). The van der Waals surface area contributed by atoms with Crippen LogP contribution in [0.4, 0.5) is 0 Å². The van der Waals surface area contributed by atoms with E-state index in [1.54, 1.807) is 53.3 Å². The van der Waals surface area contributed by atoms with Gasteiger partial charge in [-0.05, 0) is 36.4 Å². The number of phenols is 1. The highest BCUT2D eigenvalue weighted by molar-refractivity contribution is 5.76. The Balaban J connectivity index is 0.000000215. The number of benzene rings is 2. The number of carbonyl (C=O) groups is 2. The van der Waals surface area contributed by atoms with Crippen molar-refractivity contribution in [3.8, 4) is 23.0 Å². The number of aromatic hydroxyl groups is 1. The third-order valence-corrected chi connectivity index (χ3v) is 4.76. The van der Waals surface area contributed by atoms with Crippen molar-refractivity contribution in [1.29, 1.82) is 0 Å². The molecule has 4 aromatic rings. The molecule has 0 aliphatic heterocycles. The van der Waals surface area contributed by atoms with Crippen molar-refractivity contribution in [3.63, 3.8) is 0 Å². The monoisotopic (exact) mass is 510 g/mol. The van der Waals surface area contributed by atoms with Crippen molar-refractivity contribution in [1.82, 2.24) is 19.6 Å². The maximum Gasteiger partial charge on any atom is 0.161 e. The molecule has 0 spiro atoms. The van der Waals surface area contributed by atoms with Crippen LogP contribution < -0.4 is 14.2 Å². The maximum atomic E-state index is 10.7. The first kappa shape index (κ1) is 28.6. The van der Waals surface area contributed by atoms with Crippen LogP contribution in [0.3, 0.4) is 0 Å². The van der Waals surface area contributed by atoms with Gasteiger partial charge in [0, 0.05) is 48.7 Å². The van der Waals surface area contributed by atoms with Gasteiger partial charge in [0.05, 0.1) is 33.2 Å². The van der Waals surface area contributed by atoms with Gasteiger partial charge in [0.15, 0.2) is 23.0 Å². The lowest BCUT2D eigenvalue weighted by atomic mass is 10.2. The molecule has 0 amide bonds. The zero-order chi connectivity index (χ0) is 27.2. The molecule has 0 saturated heterocycles. The summed E-state index contributed by atoms with van der Waals surface area (Å²) >= 11 is 0. The third kappa shape index (κ3) is 9.15. The van der Waals surface area contributed by atoms with Crippen LogP contribution in [0.5, 0.6) is 23.0 Å². The topological polar surface area (TPSA) is 138 Å². The molecular weight excluding hydrogens is 480 g/mol. The molecule has 2 aromatic heterocycles. The molecule has 0 atom stereocenters. The van der Waals surface area contributed by atoms with Gasteiger partial charge in [0.2, 0.25) is 0 Å². The largest absolute Gasteiger partial charge is 0.504 e. The molecule has 11 heteroatoms. The molecule has 2 N–H and O–H groups in total. The predicted molar refractivity (Wildman–Crippen MR) is 135 cm³/mol. The number of nitrogens with zero attached hydrogens (tertiary/aromatic N) is 4. The SMILES string of the molecule is COc1cc(C=O)ccc1O.COc1cc(C=O)ccc1OCc1cnn(C)c1.Cn1cc(CO)cn1. The van der Waals surface area contributed by atoms with E-state index >= 15 is 0 Å². The molecule has 0 aliphatic carbocycles. The van der Waals surface area contributed by atoms with Crippen LogP contribution in [0.2, 0.25) is 0 Å². The summed E-state index contributed by atoms with van der Waals surface area (Å²) in [6, 6.07) is 9.47. The second-order valence-corrected chi connectivity index (χ2v) is 7.57. The molecule has 0 radical (unpaired) electrons. The Morgan fingerprint density at radius 1 is 0.811 bits per heavy atom. The molecule has 0 aliphatic rings. The average Bonchev–Trinajstić information content (AvgIpc) is 3.55. The lowest BCUT2D eigenvalue weighted by Crippen LogP contribution is -1.97. The fourth-order valence-electron chi connectivity index (χ4n) is 2.91. The standard InChI is InChI=1S/C13H14N2O3.C8H8O3.C5H8N2O/c1-15-7-11(6-14-15)9-18-12-4-3-10(8-16)5-13(12)17-2;1-11-8-4-6(5-9)2-3-7(8)10;1-7-3-5(4-8)2-6-7/h3-8H,9H2,1-2H3;2-5,10H,1H3;2-3,8H,4H2,1H3. The number of aldehydes is 2. The van der Waals surface area contributed by atoms with Gasteiger partial charge in [0.1, 0.15) is 19.2 Å². The molecule has 2 aromatic carbocycles. The van der Waals surface area contributed by atoms with Crippen LogP contribution in [0.1, 0.15) is 31.8 Å². The first-order chi connectivity index (χ1) is 17.8. The number of hydrogen-bond donors (Lipinski definition) is 2. The van der Waals surface area contributed by atoms with Crippen molar-refractivity contribution < 1.29 is 34.0 Å². The van der Waals surface area contributed by atoms with Crippen LogP contribution in [0, 0.1) is 0 Å². The first-order valence-corrected chi connectivity index (χ1v) is 11.0. The van der Waals surface area contributed by atoms with E-state index in [1.165, 1.54) is 25.3 Å². The molecule has 0 fully saturated rings. The normalized spacial score (nSPS) is 9.76. The van der Waals surface area contributed by atoms with Crippen LogP contribution in [-0.2, 0) is 27.3 Å². The molecule has 2 heterocycles. The van der Waals surface area contributed by atoms with E-state index in [4.69, 9.17) is 24.4 Å². The van der Waals surface area contributed by atoms with Gasteiger partial charge in [-0.2, -0.15) is 10.2 Å². The molecule has 0 saturated carbocycles. The number of hydrogen-bond acceptors (Lipinski definition) is 9. The summed E-state index contributed by atoms with van der Waals surface area (Å²) in [5.41, 5.74) is 2.87. The number of aliphatic hydroxyl groups is 1. The second-order valence-electron chi connectivity index (χ2n) is 7.57. The summed E-state index contributed by atoms with van der Waals surface area (Å²) < 4.78 is 19.0. The maximum absolute atomic E-state index is 10.7. The van der Waals surface area contributed by atoms with E-state index in [1.807, 2.05) is 20.3 Å². The summed E-state index contributed by atoms with van der Waals surface area (Å²) in [5.74, 6) is 1.50. The van der Waals surface area contributed by atoms with E-state index in [2.05, 4.69) is 10.2 Å². The Morgan fingerprint density at radius 3 is 1.81 bits per heavy atom. The lowest BCUT2D eigenvalue weighted by molar-refractivity contribution is 0.111. The Bertz CT molecular complexity index is 1280. The molecule has 196 valence electrons. The fourth-order valence-corrected chi connectivity index (χ4v) is 2.91. The summed E-state index contributed by atoms with van der Waals surface area (Å²) in [5, 5.41) is 25.5. The number of phenolic OH excluding ortho intramolecular Hbond substituents is 1. The number of rotatable bonds is 8. The van der Waals surface area contributed by atoms with Crippen molar-refractivity contribution >= 4 is 12.6 Å². The first-order valence-electron chi connectivity index (χ1n) is 11.0. The lowest BCUT2D eigenvalue weighted by Gasteiger charge is -2.10. The molecular formula is C26H30N4O7. The Labute approximate surface area is 214 Å². The van der Waals surface area contributed by atoms with Gasteiger partial charge in [0.25, 0.3) is 0 Å². The van der Waals surface area contributed by atoms with E-state index in [9.17, 15) is 9.59 Å². The van der Waals surface area contributed by atoms with Gasteiger partial charge < -0.3 is 24.4 Å². The Hall–Kier alpha value is -4.64. The fraction of sp³-hybridized carbons (Fsp3) is 0.231. The zero-order valence-electron chi connectivity index (χ0n) is 21.1. The molecule has 37 heavy (non-hydrogen) atoms. The Morgan fingerprint density at radius 2 is 1.35 bits per heavy atom. The van der Waals surface area contributed by atoms with Gasteiger partial charge in [-0.25, -0.2) is 0 Å². The summed E-state index contributed by atoms with van der Waals surface area (Å²) in [7, 11) is 6.65. The van der Waals surface area contributed by atoms with E-state index in [0.29, 0.717) is 41.3 Å². The van der Waals surface area contributed by atoms with E-state index in [-0.39, 0.29) is 12.4 Å². The van der Waals surface area contributed by atoms with Gasteiger partial charge in [-0.15, -0.1) is 0 Å². The van der Waals surface area contributed by atoms with Gasteiger partial charge in [-0.3, -0.25) is 19.0 Å². The van der Waals surface area contributed by atoms with Crippen LogP contribution in [-0.4, -0.2) is 56.6 Å². The minimum absolute atomic E-state index is 0.0399. The number of aryl methyl sites for hydroxylation is 2. The highest BCUT2D eigenvalue weighted by atomic mass is 16.5. The van der Waals surface area contributed by atoms with Crippen molar-refractivity contribution in [2.75, 3.05) is 14.2 Å². The van der Waals surface area contributed by atoms with Crippen LogP contribution in [0.25, 0.3) is 0 Å². The van der Waals surface area contributed by atoms with Gasteiger partial charge in [-0.1, -0.05) is 0 Å². The Kier molecular flexibility index (Phi) is 11.4. The molecule has 0 unspecified atom stereocenters. The molecule has 0 bridgehead atoms. The molecule has 11 nitrogen and oxygen atoms in total. The highest BCUT2D eigenvalue weighted by Gasteiger charge is 2.06. The summed E-state index contributed by atoms with van der Waals surface area (Å²) in [6.45, 7) is 0.485. The number of methoxy groups -OCH3 is 2. The van der Waals surface area contributed by atoms with Gasteiger partial charge >= 0.3 is 0 Å². The third-order valence-electron chi connectivity index (χ3n) is 4.76. The highest BCUT2D eigenvalue weighted by Crippen LogP contribution is 2.28.